The van der Waals surface area contributed by atoms with Crippen molar-refractivity contribution in [1.29, 1.82) is 0 Å². The molecule has 1 N–H and O–H groups in total. The number of nitrogens with one attached hydrogen (secondary N) is 1. The van der Waals surface area contributed by atoms with Gasteiger partial charge in [0.25, 0.3) is 6.43 Å². The molecule has 0 aliphatic carbocycles. The third-order valence-electron chi connectivity index (χ3n) is 3.42. The first-order valence-corrected chi connectivity index (χ1v) is 7.71. The van der Waals surface area contributed by atoms with Crippen LogP contribution in [0.3, 0.4) is 0 Å². The first kappa shape index (κ1) is 18.1. The third kappa shape index (κ3) is 7.00. The summed E-state index contributed by atoms with van der Waals surface area (Å²) >= 11 is 0. The molecule has 0 aliphatic heterocycles. The Hall–Kier alpha value is -1.00. The molecule has 1 aromatic carbocycles. The van der Waals surface area contributed by atoms with Crippen molar-refractivity contribution >= 4 is 0 Å². The number of rotatable bonds is 9. The van der Waals surface area contributed by atoms with Crippen LogP contribution in [0.2, 0.25) is 0 Å². The Bertz CT molecular complexity index is 390. The minimum absolute atomic E-state index is 0.0897. The zero-order valence-corrected chi connectivity index (χ0v) is 13.6. The predicted octanol–water partition coefficient (Wildman–Crippen LogP) is 3.73. The highest BCUT2D eigenvalue weighted by Crippen LogP contribution is 2.17. The molecular weight excluding hydrogens is 270 g/mol. The van der Waals surface area contributed by atoms with Crippen LogP contribution >= 0.6 is 0 Å². The molecule has 0 aromatic heterocycles. The van der Waals surface area contributed by atoms with Crippen molar-refractivity contribution in [2.24, 2.45) is 5.92 Å². The second-order valence-corrected chi connectivity index (χ2v) is 6.06. The van der Waals surface area contributed by atoms with Gasteiger partial charge >= 0.3 is 0 Å². The van der Waals surface area contributed by atoms with Gasteiger partial charge in [0.05, 0.1) is 6.54 Å². The van der Waals surface area contributed by atoms with E-state index in [1.807, 2.05) is 6.92 Å². The molecule has 0 saturated heterocycles. The molecule has 4 heteroatoms. The molecule has 2 nitrogen and oxygen atoms in total. The number of hydrogen-bond donors (Lipinski definition) is 1. The molecule has 0 radical (unpaired) electrons. The summed E-state index contributed by atoms with van der Waals surface area (Å²) in [6, 6.07) is 8.61. The molecule has 0 saturated carbocycles. The summed E-state index contributed by atoms with van der Waals surface area (Å²) in [6.07, 6.45) is -1.22. The smallest absolute Gasteiger partial charge is 0.251 e. The summed E-state index contributed by atoms with van der Waals surface area (Å²) in [5, 5.41) is 3.38. The van der Waals surface area contributed by atoms with E-state index in [1.54, 1.807) is 11.9 Å². The van der Waals surface area contributed by atoms with E-state index in [0.29, 0.717) is 12.5 Å². The molecule has 21 heavy (non-hydrogen) atoms. The monoisotopic (exact) mass is 298 g/mol. The molecule has 0 heterocycles. The summed E-state index contributed by atoms with van der Waals surface area (Å²) in [4.78, 5) is 1.68. The van der Waals surface area contributed by atoms with E-state index in [-0.39, 0.29) is 12.6 Å². The van der Waals surface area contributed by atoms with Crippen LogP contribution in [-0.4, -0.2) is 38.0 Å². The summed E-state index contributed by atoms with van der Waals surface area (Å²) < 4.78 is 24.9. The summed E-state index contributed by atoms with van der Waals surface area (Å²) in [5.41, 5.74) is 2.48. The van der Waals surface area contributed by atoms with Gasteiger partial charge in [-0.3, -0.25) is 4.90 Å². The summed E-state index contributed by atoms with van der Waals surface area (Å²) in [5.74, 6) is 0.637. The molecule has 120 valence electrons. The van der Waals surface area contributed by atoms with E-state index in [0.717, 1.165) is 18.5 Å². The Morgan fingerprint density at radius 2 is 1.71 bits per heavy atom. The zero-order valence-electron chi connectivity index (χ0n) is 13.6. The van der Waals surface area contributed by atoms with Crippen LogP contribution in [0.15, 0.2) is 24.3 Å². The van der Waals surface area contributed by atoms with E-state index in [2.05, 4.69) is 43.4 Å². The lowest BCUT2D eigenvalue weighted by atomic mass is 9.99. The Balaban J connectivity index is 2.70. The van der Waals surface area contributed by atoms with Gasteiger partial charge in [-0.05, 0) is 37.1 Å². The highest BCUT2D eigenvalue weighted by atomic mass is 19.3. The molecule has 0 fully saturated rings. The Morgan fingerprint density at radius 1 is 1.10 bits per heavy atom. The van der Waals surface area contributed by atoms with Crippen molar-refractivity contribution in [3.63, 3.8) is 0 Å². The Morgan fingerprint density at radius 3 is 2.19 bits per heavy atom. The van der Waals surface area contributed by atoms with Crippen molar-refractivity contribution in [1.82, 2.24) is 10.2 Å². The van der Waals surface area contributed by atoms with E-state index in [1.165, 1.54) is 5.56 Å². The standard InChI is InChI=1S/C17H28F2N2/c1-5-20-16(11-21(4)12-17(18)19)15-8-6-14(7-9-15)10-13(2)3/h6-9,13,16-17,20H,5,10-12H2,1-4H3. The lowest BCUT2D eigenvalue weighted by Crippen LogP contribution is -2.35. The van der Waals surface area contributed by atoms with Crippen LogP contribution in [-0.2, 0) is 6.42 Å². The van der Waals surface area contributed by atoms with Gasteiger partial charge in [0.1, 0.15) is 0 Å². The van der Waals surface area contributed by atoms with Gasteiger partial charge in [0, 0.05) is 12.6 Å². The molecule has 0 amide bonds. The van der Waals surface area contributed by atoms with Gasteiger partial charge < -0.3 is 5.32 Å². The fraction of sp³-hybridized carbons (Fsp3) is 0.647. The van der Waals surface area contributed by atoms with E-state index in [9.17, 15) is 8.78 Å². The minimum Gasteiger partial charge on any atom is -0.309 e. The maximum atomic E-state index is 12.4. The maximum absolute atomic E-state index is 12.4. The largest absolute Gasteiger partial charge is 0.309 e. The molecule has 1 unspecified atom stereocenters. The Kier molecular flexibility index (Phi) is 7.83. The van der Waals surface area contributed by atoms with Crippen LogP contribution in [0.5, 0.6) is 0 Å². The van der Waals surface area contributed by atoms with Crippen molar-refractivity contribution in [2.45, 2.75) is 39.7 Å². The zero-order chi connectivity index (χ0) is 15.8. The number of halogens is 2. The fourth-order valence-electron chi connectivity index (χ4n) is 2.51. The normalized spacial score (nSPS) is 13.4. The van der Waals surface area contributed by atoms with Crippen LogP contribution < -0.4 is 5.32 Å². The molecule has 0 bridgehead atoms. The summed E-state index contributed by atoms with van der Waals surface area (Å²) in [7, 11) is 1.74. The fourth-order valence-corrected chi connectivity index (χ4v) is 2.51. The average Bonchev–Trinajstić information content (AvgIpc) is 2.37. The van der Waals surface area contributed by atoms with Crippen molar-refractivity contribution < 1.29 is 8.78 Å². The van der Waals surface area contributed by atoms with Crippen LogP contribution in [0.4, 0.5) is 8.78 Å². The lowest BCUT2D eigenvalue weighted by molar-refractivity contribution is 0.0959. The van der Waals surface area contributed by atoms with Gasteiger partial charge in [-0.1, -0.05) is 45.0 Å². The third-order valence-corrected chi connectivity index (χ3v) is 3.42. The summed E-state index contributed by atoms with van der Waals surface area (Å²) in [6.45, 7) is 7.66. The number of benzene rings is 1. The Labute approximate surface area is 127 Å². The molecular formula is C17H28F2N2. The second-order valence-electron chi connectivity index (χ2n) is 6.06. The number of nitrogens with zero attached hydrogens (tertiary/aromatic N) is 1. The van der Waals surface area contributed by atoms with Gasteiger partial charge in [-0.2, -0.15) is 0 Å². The number of alkyl halides is 2. The maximum Gasteiger partial charge on any atom is 0.251 e. The van der Waals surface area contributed by atoms with Crippen molar-refractivity contribution in [3.05, 3.63) is 35.4 Å². The van der Waals surface area contributed by atoms with Gasteiger partial charge in [-0.25, -0.2) is 8.78 Å². The topological polar surface area (TPSA) is 15.3 Å². The lowest BCUT2D eigenvalue weighted by Gasteiger charge is -2.25. The number of hydrogen-bond acceptors (Lipinski definition) is 2. The molecule has 0 spiro atoms. The first-order valence-electron chi connectivity index (χ1n) is 7.71. The van der Waals surface area contributed by atoms with Gasteiger partial charge in [0.2, 0.25) is 0 Å². The highest BCUT2D eigenvalue weighted by molar-refractivity contribution is 5.25. The first-order chi connectivity index (χ1) is 9.92. The molecule has 1 aromatic rings. The van der Waals surface area contributed by atoms with Crippen LogP contribution in [0, 0.1) is 5.92 Å². The van der Waals surface area contributed by atoms with Crippen LogP contribution in [0.1, 0.15) is 37.9 Å². The van der Waals surface area contributed by atoms with Crippen LogP contribution in [0.25, 0.3) is 0 Å². The van der Waals surface area contributed by atoms with E-state index >= 15 is 0 Å². The second kappa shape index (κ2) is 9.11. The van der Waals surface area contributed by atoms with Crippen molar-refractivity contribution in [3.8, 4) is 0 Å². The van der Waals surface area contributed by atoms with E-state index < -0.39 is 6.43 Å². The molecule has 1 atom stereocenters. The minimum atomic E-state index is -2.29. The molecule has 0 aliphatic rings. The van der Waals surface area contributed by atoms with E-state index in [4.69, 9.17) is 0 Å². The molecule has 1 rings (SSSR count). The van der Waals surface area contributed by atoms with Gasteiger partial charge in [0.15, 0.2) is 0 Å². The highest BCUT2D eigenvalue weighted by Gasteiger charge is 2.15. The van der Waals surface area contributed by atoms with Crippen molar-refractivity contribution in [2.75, 3.05) is 26.7 Å². The van der Waals surface area contributed by atoms with Gasteiger partial charge in [-0.15, -0.1) is 0 Å². The predicted molar refractivity (Wildman–Crippen MR) is 84.9 cm³/mol. The average molecular weight is 298 g/mol. The quantitative estimate of drug-likeness (QED) is 0.747. The number of likely N-dealkylation sites (N-methyl/N-ethyl adjacent to an activating group) is 2. The SMILES string of the molecule is CCNC(CN(C)CC(F)F)c1ccc(CC(C)C)cc1.